The summed E-state index contributed by atoms with van der Waals surface area (Å²) in [7, 11) is 0. The maximum Gasteiger partial charge on any atom is 0.137 e. The van der Waals surface area contributed by atoms with Crippen LogP contribution in [0, 0.1) is 0 Å². The van der Waals surface area contributed by atoms with E-state index in [1.54, 1.807) is 6.33 Å². The smallest absolute Gasteiger partial charge is 0.137 e. The lowest BCUT2D eigenvalue weighted by Crippen LogP contribution is -2.35. The summed E-state index contributed by atoms with van der Waals surface area (Å²) in [5.74, 6) is 2.72. The molecule has 0 radical (unpaired) electrons. The zero-order chi connectivity index (χ0) is 13.4. The highest BCUT2D eigenvalue weighted by atomic mass is 15.3. The maximum absolute atomic E-state index is 4.73. The van der Waals surface area contributed by atoms with Gasteiger partial charge in [-0.25, -0.2) is 19.6 Å². The lowest BCUT2D eigenvalue weighted by atomic mass is 10.1. The normalized spacial score (nSPS) is 20.3. The van der Waals surface area contributed by atoms with Gasteiger partial charge in [0, 0.05) is 25.2 Å². The van der Waals surface area contributed by atoms with Crippen LogP contribution in [0.15, 0.2) is 24.9 Å². The van der Waals surface area contributed by atoms with E-state index < -0.39 is 0 Å². The Balaban J connectivity index is 1.44. The van der Waals surface area contributed by atoms with Crippen LogP contribution in [-0.4, -0.2) is 37.8 Å². The first-order valence-corrected chi connectivity index (χ1v) is 7.32. The van der Waals surface area contributed by atoms with Crippen LogP contribution >= 0.6 is 0 Å². The minimum atomic E-state index is 0.471. The Bertz CT molecular complexity index is 569. The second-order valence-corrected chi connectivity index (χ2v) is 5.64. The van der Waals surface area contributed by atoms with Crippen molar-refractivity contribution in [3.05, 3.63) is 30.7 Å². The molecule has 0 spiro atoms. The molecule has 2 aromatic heterocycles. The van der Waals surface area contributed by atoms with Crippen LogP contribution in [0.2, 0.25) is 0 Å². The molecular weight excluding hydrogens is 252 g/mol. The SMILES string of the molecule is c1cc(N2CCC(n3cncn3)CC2)nc(C2CC2)n1. The molecule has 2 aromatic rings. The first-order valence-electron chi connectivity index (χ1n) is 7.32. The third-order valence-electron chi connectivity index (χ3n) is 4.20. The number of rotatable bonds is 3. The van der Waals surface area contributed by atoms with Gasteiger partial charge in [0.05, 0.1) is 6.04 Å². The predicted octanol–water partition coefficient (Wildman–Crippen LogP) is 1.79. The Morgan fingerprint density at radius 3 is 2.65 bits per heavy atom. The van der Waals surface area contributed by atoms with E-state index in [0.29, 0.717) is 12.0 Å². The summed E-state index contributed by atoms with van der Waals surface area (Å²) in [6.45, 7) is 2.04. The fourth-order valence-electron chi connectivity index (χ4n) is 2.84. The quantitative estimate of drug-likeness (QED) is 0.851. The molecule has 3 heterocycles. The topological polar surface area (TPSA) is 59.7 Å². The molecule has 0 atom stereocenters. The number of hydrogen-bond donors (Lipinski definition) is 0. The van der Waals surface area contributed by atoms with Gasteiger partial charge in [-0.05, 0) is 31.7 Å². The van der Waals surface area contributed by atoms with Crippen molar-refractivity contribution < 1.29 is 0 Å². The first-order chi connectivity index (χ1) is 9.90. The molecule has 1 saturated carbocycles. The lowest BCUT2D eigenvalue weighted by molar-refractivity contribution is 0.365. The van der Waals surface area contributed by atoms with E-state index in [0.717, 1.165) is 37.6 Å². The van der Waals surface area contributed by atoms with Crippen LogP contribution in [0.3, 0.4) is 0 Å². The number of anilines is 1. The van der Waals surface area contributed by atoms with Gasteiger partial charge in [-0.1, -0.05) is 0 Å². The summed E-state index contributed by atoms with van der Waals surface area (Å²) in [5, 5.41) is 4.24. The van der Waals surface area contributed by atoms with Crippen LogP contribution in [-0.2, 0) is 0 Å². The summed E-state index contributed by atoms with van der Waals surface area (Å²) in [6, 6.07) is 2.50. The molecule has 4 rings (SSSR count). The summed E-state index contributed by atoms with van der Waals surface area (Å²) in [4.78, 5) is 15.5. The van der Waals surface area contributed by atoms with Gasteiger partial charge < -0.3 is 4.90 Å². The van der Waals surface area contributed by atoms with Gasteiger partial charge in [-0.15, -0.1) is 0 Å². The third kappa shape index (κ3) is 2.26. The number of piperidine rings is 1. The van der Waals surface area contributed by atoms with E-state index in [1.807, 2.05) is 23.3 Å². The van der Waals surface area contributed by atoms with Crippen LogP contribution in [0.25, 0.3) is 0 Å². The fraction of sp³-hybridized carbons (Fsp3) is 0.571. The minimum Gasteiger partial charge on any atom is -0.356 e. The Kier molecular flexibility index (Phi) is 2.86. The van der Waals surface area contributed by atoms with Gasteiger partial charge in [0.15, 0.2) is 0 Å². The van der Waals surface area contributed by atoms with Gasteiger partial charge in [0.1, 0.15) is 24.3 Å². The second-order valence-electron chi connectivity index (χ2n) is 5.64. The summed E-state index contributed by atoms with van der Waals surface area (Å²) in [6.07, 6.45) is 10.0. The van der Waals surface area contributed by atoms with Crippen LogP contribution in [0.4, 0.5) is 5.82 Å². The van der Waals surface area contributed by atoms with Crippen LogP contribution < -0.4 is 4.90 Å². The summed E-state index contributed by atoms with van der Waals surface area (Å²) >= 11 is 0. The Morgan fingerprint density at radius 1 is 1.10 bits per heavy atom. The van der Waals surface area contributed by atoms with Crippen molar-refractivity contribution in [2.24, 2.45) is 0 Å². The highest BCUT2D eigenvalue weighted by Crippen LogP contribution is 2.38. The van der Waals surface area contributed by atoms with E-state index in [9.17, 15) is 0 Å². The Hall–Kier alpha value is -1.98. The highest BCUT2D eigenvalue weighted by Gasteiger charge is 2.28. The zero-order valence-corrected chi connectivity index (χ0v) is 11.4. The molecule has 104 valence electrons. The standard InChI is InChI=1S/C14H18N6/c1-2-11(1)14-16-6-3-13(18-14)19-7-4-12(5-8-19)20-10-15-9-17-20/h3,6,9-12H,1-2,4-5,7-8H2. The molecule has 1 aliphatic carbocycles. The maximum atomic E-state index is 4.73. The second kappa shape index (κ2) is 4.85. The number of nitrogens with zero attached hydrogens (tertiary/aromatic N) is 6. The van der Waals surface area contributed by atoms with Gasteiger partial charge in [0.25, 0.3) is 0 Å². The van der Waals surface area contributed by atoms with Gasteiger partial charge in [0.2, 0.25) is 0 Å². The van der Waals surface area contributed by atoms with Gasteiger partial charge >= 0.3 is 0 Å². The van der Waals surface area contributed by atoms with Crippen molar-refractivity contribution in [3.8, 4) is 0 Å². The van der Waals surface area contributed by atoms with Crippen molar-refractivity contribution >= 4 is 5.82 Å². The largest absolute Gasteiger partial charge is 0.356 e. The van der Waals surface area contributed by atoms with E-state index in [-0.39, 0.29) is 0 Å². The monoisotopic (exact) mass is 270 g/mol. The Morgan fingerprint density at radius 2 is 1.95 bits per heavy atom. The summed E-state index contributed by atoms with van der Waals surface area (Å²) in [5.41, 5.74) is 0. The molecule has 1 aliphatic heterocycles. The summed E-state index contributed by atoms with van der Waals surface area (Å²) < 4.78 is 1.98. The van der Waals surface area contributed by atoms with Crippen LogP contribution in [0.5, 0.6) is 0 Å². The van der Waals surface area contributed by atoms with Gasteiger partial charge in [-0.3, -0.25) is 0 Å². The first kappa shape index (κ1) is 11.8. The molecule has 0 amide bonds. The van der Waals surface area contributed by atoms with E-state index in [1.165, 1.54) is 12.8 Å². The third-order valence-corrected chi connectivity index (χ3v) is 4.20. The average molecular weight is 270 g/mol. The lowest BCUT2D eigenvalue weighted by Gasteiger charge is -2.32. The number of hydrogen-bond acceptors (Lipinski definition) is 5. The molecule has 6 heteroatoms. The van der Waals surface area contributed by atoms with E-state index >= 15 is 0 Å². The minimum absolute atomic E-state index is 0.471. The number of aromatic nitrogens is 5. The predicted molar refractivity (Wildman–Crippen MR) is 74.5 cm³/mol. The molecule has 20 heavy (non-hydrogen) atoms. The van der Waals surface area contributed by atoms with Crippen molar-refractivity contribution in [3.63, 3.8) is 0 Å². The molecule has 2 fully saturated rings. The van der Waals surface area contributed by atoms with Crippen LogP contribution in [0.1, 0.15) is 43.5 Å². The Labute approximate surface area is 117 Å². The van der Waals surface area contributed by atoms with Crippen molar-refractivity contribution in [2.45, 2.75) is 37.6 Å². The molecule has 0 unspecified atom stereocenters. The fourth-order valence-corrected chi connectivity index (χ4v) is 2.84. The molecule has 2 aliphatic rings. The van der Waals surface area contributed by atoms with Crippen molar-refractivity contribution in [2.75, 3.05) is 18.0 Å². The van der Waals surface area contributed by atoms with E-state index in [2.05, 4.69) is 20.0 Å². The van der Waals surface area contributed by atoms with Gasteiger partial charge in [-0.2, -0.15) is 5.10 Å². The molecule has 0 aromatic carbocycles. The molecule has 6 nitrogen and oxygen atoms in total. The molecule has 1 saturated heterocycles. The highest BCUT2D eigenvalue weighted by molar-refractivity contribution is 5.38. The van der Waals surface area contributed by atoms with E-state index in [4.69, 9.17) is 4.98 Å². The zero-order valence-electron chi connectivity index (χ0n) is 11.4. The van der Waals surface area contributed by atoms with Crippen molar-refractivity contribution in [1.82, 2.24) is 24.7 Å². The van der Waals surface area contributed by atoms with Crippen molar-refractivity contribution in [1.29, 1.82) is 0 Å². The molecule has 0 bridgehead atoms. The average Bonchev–Trinajstić information content (AvgIpc) is 3.23. The molecular formula is C14H18N6. The molecule has 0 N–H and O–H groups in total.